The molecule has 3 rings (SSSR count). The number of hydrogen-bond donors (Lipinski definition) is 2. The van der Waals surface area contributed by atoms with Gasteiger partial charge in [-0.15, -0.1) is 0 Å². The first kappa shape index (κ1) is 23.1. The molecule has 32 heavy (non-hydrogen) atoms. The van der Waals surface area contributed by atoms with E-state index < -0.39 is 5.82 Å². The molecule has 2 N–H and O–H groups in total. The van der Waals surface area contributed by atoms with Gasteiger partial charge in [0, 0.05) is 30.4 Å². The smallest absolute Gasteiger partial charge is 0.251 e. The van der Waals surface area contributed by atoms with E-state index >= 15 is 0 Å². The van der Waals surface area contributed by atoms with Crippen LogP contribution in [0.4, 0.5) is 16.0 Å². The van der Waals surface area contributed by atoms with E-state index in [0.717, 1.165) is 19.6 Å². The Morgan fingerprint density at radius 3 is 2.53 bits per heavy atom. The quantitative estimate of drug-likeness (QED) is 0.500. The van der Waals surface area contributed by atoms with Crippen molar-refractivity contribution in [2.75, 3.05) is 38.6 Å². The third kappa shape index (κ3) is 5.98. The van der Waals surface area contributed by atoms with Gasteiger partial charge in [-0.25, -0.2) is 14.4 Å². The Balaban J connectivity index is 1.65. The molecule has 1 aromatic heterocycles. The molecule has 0 spiro atoms. The molecule has 0 aliphatic carbocycles. The van der Waals surface area contributed by atoms with Crippen molar-refractivity contribution in [2.24, 2.45) is 0 Å². The summed E-state index contributed by atoms with van der Waals surface area (Å²) >= 11 is 0. The number of rotatable bonds is 10. The van der Waals surface area contributed by atoms with E-state index in [-0.39, 0.29) is 5.91 Å². The number of anilines is 2. The third-order valence-corrected chi connectivity index (χ3v) is 4.99. The lowest BCUT2D eigenvalue weighted by molar-refractivity contribution is 0.0949. The van der Waals surface area contributed by atoms with Crippen molar-refractivity contribution < 1.29 is 13.9 Å². The van der Waals surface area contributed by atoms with E-state index in [1.165, 1.54) is 25.6 Å². The average molecular weight is 439 g/mol. The molecular formula is C23H27FN6O2. The maximum atomic E-state index is 13.5. The van der Waals surface area contributed by atoms with Crippen molar-refractivity contribution in [2.45, 2.75) is 13.8 Å². The number of hydrogen-bond acceptors (Lipinski definition) is 7. The number of aromatic nitrogens is 3. The minimum atomic E-state index is -0.407. The SMILES string of the molecule is CCN(CC)CCNC(=O)c1ccc(Nc2ncnc(-c3ccc(F)cc3OC)n2)cc1. The predicted octanol–water partition coefficient (Wildman–Crippen LogP) is 3.50. The molecule has 0 saturated carbocycles. The first-order valence-corrected chi connectivity index (χ1v) is 10.4. The molecule has 0 unspecified atom stereocenters. The van der Waals surface area contributed by atoms with Gasteiger partial charge >= 0.3 is 0 Å². The van der Waals surface area contributed by atoms with Gasteiger partial charge in [-0.1, -0.05) is 13.8 Å². The van der Waals surface area contributed by atoms with Crippen LogP contribution in [0.25, 0.3) is 11.4 Å². The third-order valence-electron chi connectivity index (χ3n) is 4.99. The Labute approximate surface area is 186 Å². The second-order valence-electron chi connectivity index (χ2n) is 6.96. The molecule has 0 saturated heterocycles. The summed E-state index contributed by atoms with van der Waals surface area (Å²) in [5, 5.41) is 6.02. The molecule has 9 heteroatoms. The van der Waals surface area contributed by atoms with Crippen LogP contribution >= 0.6 is 0 Å². The Kier molecular flexibility index (Phi) is 8.04. The number of carbonyl (C=O) groups is 1. The molecule has 2 aromatic carbocycles. The molecule has 0 atom stereocenters. The predicted molar refractivity (Wildman–Crippen MR) is 122 cm³/mol. The van der Waals surface area contributed by atoms with Gasteiger partial charge in [-0.2, -0.15) is 4.98 Å². The van der Waals surface area contributed by atoms with Crippen LogP contribution in [0.3, 0.4) is 0 Å². The molecule has 0 aliphatic rings. The number of halogens is 1. The highest BCUT2D eigenvalue weighted by Crippen LogP contribution is 2.28. The fourth-order valence-corrected chi connectivity index (χ4v) is 3.14. The zero-order valence-corrected chi connectivity index (χ0v) is 18.4. The molecule has 0 bridgehead atoms. The van der Waals surface area contributed by atoms with E-state index in [2.05, 4.69) is 44.3 Å². The number of nitrogens with one attached hydrogen (secondary N) is 2. The monoisotopic (exact) mass is 438 g/mol. The molecule has 1 heterocycles. The van der Waals surface area contributed by atoms with Crippen molar-refractivity contribution in [3.63, 3.8) is 0 Å². The summed E-state index contributed by atoms with van der Waals surface area (Å²) < 4.78 is 18.7. The molecule has 0 radical (unpaired) electrons. The maximum Gasteiger partial charge on any atom is 0.251 e. The summed E-state index contributed by atoms with van der Waals surface area (Å²) in [6, 6.07) is 11.2. The van der Waals surface area contributed by atoms with Crippen molar-refractivity contribution in [1.29, 1.82) is 0 Å². The van der Waals surface area contributed by atoms with Crippen molar-refractivity contribution in [3.8, 4) is 17.1 Å². The van der Waals surface area contributed by atoms with Crippen LogP contribution in [0, 0.1) is 5.82 Å². The van der Waals surface area contributed by atoms with Gasteiger partial charge in [0.15, 0.2) is 5.82 Å². The maximum absolute atomic E-state index is 13.5. The zero-order valence-electron chi connectivity index (χ0n) is 18.4. The lowest BCUT2D eigenvalue weighted by Gasteiger charge is -2.18. The number of likely N-dealkylation sites (N-methyl/N-ethyl adjacent to an activating group) is 1. The van der Waals surface area contributed by atoms with Crippen LogP contribution in [-0.4, -0.2) is 59.0 Å². The van der Waals surface area contributed by atoms with Crippen molar-refractivity contribution in [1.82, 2.24) is 25.2 Å². The van der Waals surface area contributed by atoms with Crippen molar-refractivity contribution >= 4 is 17.5 Å². The fraction of sp³-hybridized carbons (Fsp3) is 0.304. The molecule has 168 valence electrons. The van der Waals surface area contributed by atoms with Crippen LogP contribution in [0.5, 0.6) is 5.75 Å². The molecule has 1 amide bonds. The summed E-state index contributed by atoms with van der Waals surface area (Å²) in [6.07, 6.45) is 1.37. The molecule has 0 fully saturated rings. The van der Waals surface area contributed by atoms with E-state index in [4.69, 9.17) is 4.74 Å². The van der Waals surface area contributed by atoms with Crippen LogP contribution in [0.15, 0.2) is 48.8 Å². The van der Waals surface area contributed by atoms with Gasteiger partial charge in [0.1, 0.15) is 17.9 Å². The van der Waals surface area contributed by atoms with Gasteiger partial charge in [0.25, 0.3) is 5.91 Å². The van der Waals surface area contributed by atoms with Gasteiger partial charge in [0.05, 0.1) is 12.7 Å². The van der Waals surface area contributed by atoms with E-state index in [0.29, 0.717) is 40.9 Å². The van der Waals surface area contributed by atoms with Crippen molar-refractivity contribution in [3.05, 3.63) is 60.2 Å². The van der Waals surface area contributed by atoms with Crippen LogP contribution in [-0.2, 0) is 0 Å². The van der Waals surface area contributed by atoms with Gasteiger partial charge in [0.2, 0.25) is 5.95 Å². The second-order valence-corrected chi connectivity index (χ2v) is 6.96. The lowest BCUT2D eigenvalue weighted by Crippen LogP contribution is -2.34. The highest BCUT2D eigenvalue weighted by molar-refractivity contribution is 5.94. The van der Waals surface area contributed by atoms with E-state index in [1.54, 1.807) is 30.3 Å². The molecular weight excluding hydrogens is 411 g/mol. The first-order chi connectivity index (χ1) is 15.5. The van der Waals surface area contributed by atoms with Crippen LogP contribution in [0.2, 0.25) is 0 Å². The molecule has 8 nitrogen and oxygen atoms in total. The summed E-state index contributed by atoms with van der Waals surface area (Å²) in [5.41, 5.74) is 1.84. The number of amides is 1. The second kappa shape index (κ2) is 11.1. The number of methoxy groups -OCH3 is 1. The summed E-state index contributed by atoms with van der Waals surface area (Å²) in [4.78, 5) is 27.3. The average Bonchev–Trinajstić information content (AvgIpc) is 2.82. The Bertz CT molecular complexity index is 1040. The van der Waals surface area contributed by atoms with Crippen LogP contribution < -0.4 is 15.4 Å². The Hall–Kier alpha value is -3.59. The largest absolute Gasteiger partial charge is 0.496 e. The Morgan fingerprint density at radius 1 is 1.09 bits per heavy atom. The Morgan fingerprint density at radius 2 is 1.84 bits per heavy atom. The van der Waals surface area contributed by atoms with Crippen LogP contribution in [0.1, 0.15) is 24.2 Å². The normalized spacial score (nSPS) is 10.8. The van der Waals surface area contributed by atoms with E-state index in [1.807, 2.05) is 0 Å². The summed E-state index contributed by atoms with van der Waals surface area (Å²) in [5.74, 6) is 0.476. The van der Waals surface area contributed by atoms with Gasteiger partial charge in [-0.3, -0.25) is 4.79 Å². The van der Waals surface area contributed by atoms with Gasteiger partial charge in [-0.05, 0) is 49.5 Å². The number of ether oxygens (including phenoxy) is 1. The van der Waals surface area contributed by atoms with Gasteiger partial charge < -0.3 is 20.3 Å². The van der Waals surface area contributed by atoms with E-state index in [9.17, 15) is 9.18 Å². The summed E-state index contributed by atoms with van der Waals surface area (Å²) in [7, 11) is 1.46. The molecule has 0 aliphatic heterocycles. The molecule has 3 aromatic rings. The fourth-order valence-electron chi connectivity index (χ4n) is 3.14. The summed E-state index contributed by atoms with van der Waals surface area (Å²) in [6.45, 7) is 7.53. The number of carbonyl (C=O) groups excluding carboxylic acids is 1. The lowest BCUT2D eigenvalue weighted by atomic mass is 10.2. The first-order valence-electron chi connectivity index (χ1n) is 10.4. The topological polar surface area (TPSA) is 92.3 Å². The highest BCUT2D eigenvalue weighted by Gasteiger charge is 2.12. The highest BCUT2D eigenvalue weighted by atomic mass is 19.1. The standard InChI is InChI=1S/C23H27FN6O2/c1-4-30(5-2)13-12-25-22(31)16-6-9-18(10-7-16)28-23-27-15-26-21(29-23)19-11-8-17(24)14-20(19)32-3/h6-11,14-15H,4-5,12-13H2,1-3H3,(H,25,31)(H,26,27,28,29). The number of nitrogens with zero attached hydrogens (tertiary/aromatic N) is 4. The number of benzene rings is 2. The minimum Gasteiger partial charge on any atom is -0.496 e. The zero-order chi connectivity index (χ0) is 22.9. The minimum absolute atomic E-state index is 0.116.